The summed E-state index contributed by atoms with van der Waals surface area (Å²) in [5.74, 6) is -1.40. The molecule has 0 spiro atoms. The highest BCUT2D eigenvalue weighted by Crippen LogP contribution is 2.38. The molecule has 1 saturated heterocycles. The number of nitrogens with one attached hydrogen (secondary N) is 1. The molecule has 51 heavy (non-hydrogen) atoms. The summed E-state index contributed by atoms with van der Waals surface area (Å²) >= 11 is 0. The SMILES string of the molecule is C=CCn1c(=O)c(C(=O)Nc2ccc(Oc3ccnc4cc(OC)c(OCCCN5CCOCC5)cc34)c(F)c2)nn(-c2cccc(F)c2)c1=O. The molecule has 5 aromatic rings. The number of ether oxygens (including phenoxy) is 4. The van der Waals surface area contributed by atoms with E-state index in [-0.39, 0.29) is 23.7 Å². The summed E-state index contributed by atoms with van der Waals surface area (Å²) in [6, 6.07) is 13.6. The third-order valence-electron chi connectivity index (χ3n) is 8.02. The lowest BCUT2D eigenvalue weighted by molar-refractivity contribution is 0.0357. The Morgan fingerprint density at radius 2 is 1.84 bits per heavy atom. The fourth-order valence-corrected chi connectivity index (χ4v) is 5.48. The van der Waals surface area contributed by atoms with Crippen molar-refractivity contribution < 1.29 is 32.5 Å². The summed E-state index contributed by atoms with van der Waals surface area (Å²) in [6.07, 6.45) is 3.60. The van der Waals surface area contributed by atoms with E-state index in [0.717, 1.165) is 60.7 Å². The van der Waals surface area contributed by atoms with Crippen molar-refractivity contribution in [3.63, 3.8) is 0 Å². The number of morpholine rings is 1. The number of hydrogen-bond donors (Lipinski definition) is 1. The third-order valence-corrected chi connectivity index (χ3v) is 8.02. The molecule has 0 radical (unpaired) electrons. The predicted octanol–water partition coefficient (Wildman–Crippen LogP) is 4.56. The molecule has 13 nitrogen and oxygen atoms in total. The molecule has 0 bridgehead atoms. The summed E-state index contributed by atoms with van der Waals surface area (Å²) in [5.41, 5.74) is -2.10. The van der Waals surface area contributed by atoms with Crippen molar-refractivity contribution in [1.29, 1.82) is 0 Å². The average molecular weight is 701 g/mol. The van der Waals surface area contributed by atoms with Crippen molar-refractivity contribution in [2.24, 2.45) is 0 Å². The number of pyridine rings is 1. The van der Waals surface area contributed by atoms with E-state index in [1.807, 2.05) is 0 Å². The zero-order valence-corrected chi connectivity index (χ0v) is 27.6. The Morgan fingerprint density at radius 1 is 1.02 bits per heavy atom. The van der Waals surface area contributed by atoms with E-state index >= 15 is 4.39 Å². The maximum atomic E-state index is 15.4. The molecule has 2 aromatic heterocycles. The Morgan fingerprint density at radius 3 is 2.59 bits per heavy atom. The molecular formula is C36H34F2N6O7. The minimum Gasteiger partial charge on any atom is -0.493 e. The lowest BCUT2D eigenvalue weighted by Gasteiger charge is -2.26. The first-order valence-electron chi connectivity index (χ1n) is 16.0. The second kappa shape index (κ2) is 15.7. The highest BCUT2D eigenvalue weighted by molar-refractivity contribution is 6.02. The first-order chi connectivity index (χ1) is 24.7. The number of fused-ring (bicyclic) bond motifs is 1. The maximum absolute atomic E-state index is 15.4. The van der Waals surface area contributed by atoms with E-state index in [2.05, 4.69) is 26.9 Å². The second-order valence-corrected chi connectivity index (χ2v) is 11.4. The van der Waals surface area contributed by atoms with E-state index in [4.69, 9.17) is 18.9 Å². The van der Waals surface area contributed by atoms with Crippen LogP contribution in [0.5, 0.6) is 23.0 Å². The molecule has 1 amide bonds. The van der Waals surface area contributed by atoms with Gasteiger partial charge in [-0.25, -0.2) is 13.6 Å². The molecule has 1 fully saturated rings. The zero-order valence-electron chi connectivity index (χ0n) is 27.6. The Bertz CT molecular complexity index is 2200. The van der Waals surface area contributed by atoms with E-state index < -0.39 is 34.5 Å². The quantitative estimate of drug-likeness (QED) is 0.137. The van der Waals surface area contributed by atoms with Gasteiger partial charge in [0.15, 0.2) is 23.1 Å². The van der Waals surface area contributed by atoms with Gasteiger partial charge >= 0.3 is 5.69 Å². The summed E-state index contributed by atoms with van der Waals surface area (Å²) in [6.45, 7) is 7.84. The van der Waals surface area contributed by atoms with E-state index in [1.165, 1.54) is 49.7 Å². The number of methoxy groups -OCH3 is 1. The Balaban J connectivity index is 1.21. The van der Waals surface area contributed by atoms with Gasteiger partial charge in [0.25, 0.3) is 11.5 Å². The molecule has 1 N–H and O–H groups in total. The van der Waals surface area contributed by atoms with Crippen LogP contribution in [0, 0.1) is 11.6 Å². The number of halogens is 2. The fraction of sp³-hybridized carbons (Fsp3) is 0.250. The van der Waals surface area contributed by atoms with Gasteiger partial charge in [0.1, 0.15) is 11.6 Å². The van der Waals surface area contributed by atoms with Gasteiger partial charge in [-0.15, -0.1) is 6.58 Å². The number of allylic oxidation sites excluding steroid dienone is 1. The van der Waals surface area contributed by atoms with Crippen LogP contribution < -0.4 is 30.8 Å². The first-order valence-corrected chi connectivity index (χ1v) is 16.0. The topological polar surface area (TPSA) is 139 Å². The highest BCUT2D eigenvalue weighted by atomic mass is 19.1. The number of carbonyl (C=O) groups excluding carboxylic acids is 1. The van der Waals surface area contributed by atoms with Crippen LogP contribution >= 0.6 is 0 Å². The highest BCUT2D eigenvalue weighted by Gasteiger charge is 2.21. The Labute approximate surface area is 290 Å². The van der Waals surface area contributed by atoms with Crippen molar-refractivity contribution in [3.05, 3.63) is 118 Å². The number of nitrogens with zero attached hydrogens (tertiary/aromatic N) is 5. The van der Waals surface area contributed by atoms with Crippen molar-refractivity contribution in [1.82, 2.24) is 24.2 Å². The van der Waals surface area contributed by atoms with Gasteiger partial charge in [-0.3, -0.25) is 24.0 Å². The number of anilines is 1. The molecule has 1 aliphatic heterocycles. The van der Waals surface area contributed by atoms with Crippen LogP contribution in [0.2, 0.25) is 0 Å². The maximum Gasteiger partial charge on any atom is 0.352 e. The molecule has 0 aliphatic carbocycles. The standard InChI is InChI=1S/C36H34F2N6O7/c1-3-12-43-35(46)33(41-44(36(43)47)25-7-4-6-23(37)19-25)34(45)40-24-8-9-30(27(38)20-24)51-29-10-11-39-28-22-31(48-2)32(21-26(28)29)50-16-5-13-42-14-17-49-18-15-42/h3-4,6-11,19-22H,1,5,12-18H2,2H3,(H,40,45). The first kappa shape index (κ1) is 34.9. The smallest absolute Gasteiger partial charge is 0.352 e. The van der Waals surface area contributed by atoms with E-state index in [0.29, 0.717) is 34.8 Å². The van der Waals surface area contributed by atoms with Gasteiger partial charge in [-0.2, -0.15) is 9.78 Å². The van der Waals surface area contributed by atoms with Gasteiger partial charge in [0, 0.05) is 55.6 Å². The third kappa shape index (κ3) is 7.95. The Hall–Kier alpha value is -5.93. The van der Waals surface area contributed by atoms with Crippen LogP contribution in [0.25, 0.3) is 16.6 Å². The summed E-state index contributed by atoms with van der Waals surface area (Å²) in [4.78, 5) is 46.0. The Kier molecular flexibility index (Phi) is 10.8. The molecule has 1 aliphatic rings. The minimum absolute atomic E-state index is 0.0102. The number of amides is 1. The molecule has 3 aromatic carbocycles. The molecule has 0 saturated carbocycles. The van der Waals surface area contributed by atoms with Gasteiger partial charge in [0.05, 0.1) is 38.1 Å². The molecule has 0 atom stereocenters. The van der Waals surface area contributed by atoms with Crippen LogP contribution in [0.15, 0.2) is 89.1 Å². The van der Waals surface area contributed by atoms with Gasteiger partial charge in [-0.05, 0) is 48.9 Å². The average Bonchev–Trinajstić information content (AvgIpc) is 3.13. The van der Waals surface area contributed by atoms with E-state index in [9.17, 15) is 18.8 Å². The number of aromatic nitrogens is 4. The van der Waals surface area contributed by atoms with Crippen molar-refractivity contribution in [2.75, 3.05) is 51.9 Å². The molecule has 6 rings (SSSR count). The van der Waals surface area contributed by atoms with E-state index in [1.54, 1.807) is 18.2 Å². The molecular weight excluding hydrogens is 666 g/mol. The minimum atomic E-state index is -1.03. The van der Waals surface area contributed by atoms with Crippen molar-refractivity contribution in [2.45, 2.75) is 13.0 Å². The molecule has 264 valence electrons. The molecule has 0 unspecified atom stereocenters. The van der Waals surface area contributed by atoms with Gasteiger partial charge in [0.2, 0.25) is 5.69 Å². The van der Waals surface area contributed by atoms with Crippen molar-refractivity contribution >= 4 is 22.5 Å². The second-order valence-electron chi connectivity index (χ2n) is 11.4. The van der Waals surface area contributed by atoms with Crippen LogP contribution in [0.4, 0.5) is 14.5 Å². The normalized spacial score (nSPS) is 13.2. The predicted molar refractivity (Wildman–Crippen MR) is 184 cm³/mol. The summed E-state index contributed by atoms with van der Waals surface area (Å²) < 4.78 is 53.8. The number of benzene rings is 3. The van der Waals surface area contributed by atoms with Gasteiger partial charge in [-0.1, -0.05) is 12.1 Å². The summed E-state index contributed by atoms with van der Waals surface area (Å²) in [7, 11) is 1.53. The van der Waals surface area contributed by atoms with Crippen LogP contribution in [-0.2, 0) is 11.3 Å². The lowest BCUT2D eigenvalue weighted by atomic mass is 10.1. The van der Waals surface area contributed by atoms with Crippen LogP contribution in [0.3, 0.4) is 0 Å². The van der Waals surface area contributed by atoms with Crippen LogP contribution in [0.1, 0.15) is 16.9 Å². The summed E-state index contributed by atoms with van der Waals surface area (Å²) in [5, 5.41) is 6.90. The zero-order chi connectivity index (χ0) is 35.9. The monoisotopic (exact) mass is 700 g/mol. The largest absolute Gasteiger partial charge is 0.493 e. The van der Waals surface area contributed by atoms with Gasteiger partial charge < -0.3 is 24.3 Å². The molecule has 15 heteroatoms. The number of hydrogen-bond acceptors (Lipinski definition) is 10. The van der Waals surface area contributed by atoms with Crippen molar-refractivity contribution in [3.8, 4) is 28.7 Å². The molecule has 3 heterocycles. The fourth-order valence-electron chi connectivity index (χ4n) is 5.48. The number of rotatable bonds is 13. The lowest BCUT2D eigenvalue weighted by Crippen LogP contribution is -2.44. The number of carbonyl (C=O) groups is 1. The van der Waals surface area contributed by atoms with Crippen LogP contribution in [-0.4, -0.2) is 76.7 Å².